The number of carbonyl (C=O) groups is 1. The van der Waals surface area contributed by atoms with Crippen LogP contribution in [0.3, 0.4) is 0 Å². The van der Waals surface area contributed by atoms with E-state index in [1.807, 2.05) is 24.3 Å². The summed E-state index contributed by atoms with van der Waals surface area (Å²) >= 11 is 0. The number of carbonyl (C=O) groups excluding carboxylic acids is 1. The Morgan fingerprint density at radius 3 is 2.30 bits per heavy atom. The fourth-order valence-corrected chi connectivity index (χ4v) is 2.53. The number of benzene rings is 1. The maximum atomic E-state index is 12.0. The van der Waals surface area contributed by atoms with E-state index in [4.69, 9.17) is 10.5 Å². The molecule has 0 bridgehead atoms. The number of hydrogen-bond acceptors (Lipinski definition) is 3. The Bertz CT molecular complexity index is 432. The van der Waals surface area contributed by atoms with E-state index >= 15 is 0 Å². The lowest BCUT2D eigenvalue weighted by molar-refractivity contribution is -0.122. The summed E-state index contributed by atoms with van der Waals surface area (Å²) in [5.41, 5.74) is 7.02. The van der Waals surface area contributed by atoms with Crippen molar-refractivity contribution in [3.05, 3.63) is 29.8 Å². The van der Waals surface area contributed by atoms with Crippen molar-refractivity contribution in [2.75, 3.05) is 13.7 Å². The van der Waals surface area contributed by atoms with Crippen LogP contribution in [0.2, 0.25) is 0 Å². The Balaban J connectivity index is 2.13. The van der Waals surface area contributed by atoms with Gasteiger partial charge in [-0.15, -0.1) is 0 Å². The van der Waals surface area contributed by atoms with Gasteiger partial charge in [-0.05, 0) is 30.5 Å². The lowest BCUT2D eigenvalue weighted by atomic mass is 10.1. The number of methoxy groups -OCH3 is 1. The van der Waals surface area contributed by atoms with Gasteiger partial charge in [0.15, 0.2) is 0 Å². The van der Waals surface area contributed by atoms with E-state index in [-0.39, 0.29) is 5.91 Å². The molecule has 1 atom stereocenters. The van der Waals surface area contributed by atoms with E-state index in [2.05, 4.69) is 12.2 Å². The molecule has 0 aliphatic rings. The number of rotatable bonds is 12. The van der Waals surface area contributed by atoms with Crippen molar-refractivity contribution >= 4 is 5.91 Å². The second-order valence-corrected chi connectivity index (χ2v) is 6.07. The first kappa shape index (κ1) is 19.5. The van der Waals surface area contributed by atoms with Crippen LogP contribution in [-0.4, -0.2) is 25.6 Å². The van der Waals surface area contributed by atoms with Crippen LogP contribution >= 0.6 is 0 Å². The first-order valence-electron chi connectivity index (χ1n) is 8.83. The van der Waals surface area contributed by atoms with Gasteiger partial charge in [0.2, 0.25) is 5.91 Å². The van der Waals surface area contributed by atoms with Crippen molar-refractivity contribution < 1.29 is 9.53 Å². The van der Waals surface area contributed by atoms with Crippen molar-refractivity contribution in [2.45, 2.75) is 64.3 Å². The van der Waals surface area contributed by atoms with Gasteiger partial charge in [0.25, 0.3) is 0 Å². The number of amides is 1. The molecule has 0 radical (unpaired) electrons. The highest BCUT2D eigenvalue weighted by molar-refractivity contribution is 5.81. The van der Waals surface area contributed by atoms with E-state index in [0.717, 1.165) is 24.3 Å². The van der Waals surface area contributed by atoms with Crippen LogP contribution in [0.5, 0.6) is 5.75 Å². The topological polar surface area (TPSA) is 64.4 Å². The number of unbranched alkanes of at least 4 members (excludes halogenated alkanes) is 6. The van der Waals surface area contributed by atoms with Gasteiger partial charge in [0, 0.05) is 6.54 Å². The molecule has 4 heteroatoms. The average molecular weight is 320 g/mol. The first-order valence-corrected chi connectivity index (χ1v) is 8.83. The van der Waals surface area contributed by atoms with Gasteiger partial charge in [0.05, 0.1) is 13.2 Å². The molecule has 0 saturated carbocycles. The van der Waals surface area contributed by atoms with Gasteiger partial charge in [-0.2, -0.15) is 0 Å². The highest BCUT2D eigenvalue weighted by Crippen LogP contribution is 2.12. The number of nitrogens with two attached hydrogens (primary N) is 1. The van der Waals surface area contributed by atoms with Crippen LogP contribution < -0.4 is 15.8 Å². The quantitative estimate of drug-likeness (QED) is 0.580. The standard InChI is InChI=1S/C19H32N2O2/c1-3-4-5-6-7-8-9-14-21-19(22)18(20)15-16-10-12-17(23-2)13-11-16/h10-13,18H,3-9,14-15,20H2,1-2H3,(H,21,22)/t18-/m0/s1. The Kier molecular flexibility index (Phi) is 10.1. The van der Waals surface area contributed by atoms with Gasteiger partial charge < -0.3 is 15.8 Å². The lowest BCUT2D eigenvalue weighted by Crippen LogP contribution is -2.42. The van der Waals surface area contributed by atoms with E-state index in [1.165, 1.54) is 38.5 Å². The summed E-state index contributed by atoms with van der Waals surface area (Å²) in [6.07, 6.45) is 9.26. The second kappa shape index (κ2) is 11.9. The molecule has 1 amide bonds. The molecule has 130 valence electrons. The predicted octanol–water partition coefficient (Wildman–Crippen LogP) is 3.43. The fourth-order valence-electron chi connectivity index (χ4n) is 2.53. The first-order chi connectivity index (χ1) is 11.2. The number of hydrogen-bond donors (Lipinski definition) is 2. The Morgan fingerprint density at radius 2 is 1.70 bits per heavy atom. The maximum absolute atomic E-state index is 12.0. The van der Waals surface area contributed by atoms with E-state index < -0.39 is 6.04 Å². The smallest absolute Gasteiger partial charge is 0.237 e. The van der Waals surface area contributed by atoms with Crippen LogP contribution in [0, 0.1) is 0 Å². The summed E-state index contributed by atoms with van der Waals surface area (Å²) in [6, 6.07) is 7.18. The van der Waals surface area contributed by atoms with Gasteiger partial charge in [-0.25, -0.2) is 0 Å². The summed E-state index contributed by atoms with van der Waals surface area (Å²) in [5, 5.41) is 2.94. The third-order valence-electron chi connectivity index (χ3n) is 4.03. The molecule has 0 aliphatic heterocycles. The lowest BCUT2D eigenvalue weighted by Gasteiger charge is -2.12. The zero-order chi connectivity index (χ0) is 16.9. The molecule has 3 N–H and O–H groups in total. The minimum Gasteiger partial charge on any atom is -0.497 e. The van der Waals surface area contributed by atoms with E-state index in [1.54, 1.807) is 7.11 Å². The van der Waals surface area contributed by atoms with Crippen molar-refractivity contribution in [3.63, 3.8) is 0 Å². The highest BCUT2D eigenvalue weighted by atomic mass is 16.5. The normalized spacial score (nSPS) is 12.0. The van der Waals surface area contributed by atoms with Crippen molar-refractivity contribution in [1.82, 2.24) is 5.32 Å². The molecule has 1 rings (SSSR count). The molecule has 0 spiro atoms. The molecule has 0 heterocycles. The van der Waals surface area contributed by atoms with Crippen LogP contribution in [-0.2, 0) is 11.2 Å². The molecule has 1 aromatic rings. The molecule has 0 aromatic heterocycles. The average Bonchev–Trinajstić information content (AvgIpc) is 2.57. The molecular formula is C19H32N2O2. The highest BCUT2D eigenvalue weighted by Gasteiger charge is 2.13. The van der Waals surface area contributed by atoms with E-state index in [0.29, 0.717) is 6.42 Å². The molecule has 0 unspecified atom stereocenters. The van der Waals surface area contributed by atoms with Gasteiger partial charge in [0.1, 0.15) is 5.75 Å². The zero-order valence-electron chi connectivity index (χ0n) is 14.6. The SMILES string of the molecule is CCCCCCCCCNC(=O)[C@@H](N)Cc1ccc(OC)cc1. The Hall–Kier alpha value is -1.55. The largest absolute Gasteiger partial charge is 0.497 e. The van der Waals surface area contributed by atoms with Crippen LogP contribution in [0.1, 0.15) is 57.4 Å². The monoisotopic (exact) mass is 320 g/mol. The minimum absolute atomic E-state index is 0.0631. The molecule has 0 fully saturated rings. The Morgan fingerprint density at radius 1 is 1.09 bits per heavy atom. The zero-order valence-corrected chi connectivity index (χ0v) is 14.6. The summed E-state index contributed by atoms with van der Waals surface area (Å²) in [4.78, 5) is 12.0. The summed E-state index contributed by atoms with van der Waals surface area (Å²) in [6.45, 7) is 2.95. The molecule has 0 aliphatic carbocycles. The molecule has 23 heavy (non-hydrogen) atoms. The minimum atomic E-state index is -0.493. The number of nitrogens with one attached hydrogen (secondary N) is 1. The van der Waals surface area contributed by atoms with Crippen LogP contribution in [0.25, 0.3) is 0 Å². The summed E-state index contributed by atoms with van der Waals surface area (Å²) in [7, 11) is 1.64. The Labute approximate surface area is 140 Å². The fraction of sp³-hybridized carbons (Fsp3) is 0.632. The van der Waals surface area contributed by atoms with Gasteiger partial charge >= 0.3 is 0 Å². The summed E-state index contributed by atoms with van der Waals surface area (Å²) < 4.78 is 5.12. The molecular weight excluding hydrogens is 288 g/mol. The van der Waals surface area contributed by atoms with Crippen molar-refractivity contribution in [3.8, 4) is 5.75 Å². The van der Waals surface area contributed by atoms with E-state index in [9.17, 15) is 4.79 Å². The van der Waals surface area contributed by atoms with Crippen molar-refractivity contribution in [1.29, 1.82) is 0 Å². The molecule has 0 saturated heterocycles. The molecule has 1 aromatic carbocycles. The third kappa shape index (κ3) is 8.60. The predicted molar refractivity (Wildman–Crippen MR) is 95.7 cm³/mol. The molecule has 4 nitrogen and oxygen atoms in total. The third-order valence-corrected chi connectivity index (χ3v) is 4.03. The maximum Gasteiger partial charge on any atom is 0.237 e. The summed E-state index contributed by atoms with van der Waals surface area (Å²) in [5.74, 6) is 0.748. The second-order valence-electron chi connectivity index (χ2n) is 6.07. The van der Waals surface area contributed by atoms with Crippen LogP contribution in [0.15, 0.2) is 24.3 Å². The van der Waals surface area contributed by atoms with Crippen LogP contribution in [0.4, 0.5) is 0 Å². The number of ether oxygens (including phenoxy) is 1. The van der Waals surface area contributed by atoms with Crippen molar-refractivity contribution in [2.24, 2.45) is 5.73 Å². The van der Waals surface area contributed by atoms with Gasteiger partial charge in [-0.3, -0.25) is 4.79 Å². The van der Waals surface area contributed by atoms with Gasteiger partial charge in [-0.1, -0.05) is 57.6 Å².